The number of benzene rings is 2. The summed E-state index contributed by atoms with van der Waals surface area (Å²) in [4.78, 5) is 33.8. The van der Waals surface area contributed by atoms with Gasteiger partial charge < -0.3 is 34.1 Å². The van der Waals surface area contributed by atoms with Crippen LogP contribution in [0.4, 0.5) is 10.1 Å². The number of aliphatic hydroxyl groups excluding tert-OH is 1. The largest absolute Gasteiger partial charge is 0.478 e. The van der Waals surface area contributed by atoms with Gasteiger partial charge in [-0.25, -0.2) is 14.2 Å². The SMILES string of the molecule is CC.CCC.CCC(C)n1c(C2=CCCC(OCc3cc(C(=O)N(CC)CCC(C)O)ccc3N3CCOCC3)C=C2F)nc2cc(C(=O)O)ccc21. The molecule has 1 amide bonds. The van der Waals surface area contributed by atoms with E-state index in [4.69, 9.17) is 14.5 Å². The number of hydrogen-bond donors (Lipinski definition) is 2. The number of anilines is 1. The molecule has 3 aromatic rings. The Kier molecular flexibility index (Phi) is 17.7. The number of amides is 1. The van der Waals surface area contributed by atoms with E-state index in [-0.39, 0.29) is 24.1 Å². The first kappa shape index (κ1) is 43.3. The lowest BCUT2D eigenvalue weighted by Crippen LogP contribution is -2.37. The third-order valence-corrected chi connectivity index (χ3v) is 9.21. The topological polar surface area (TPSA) is 117 Å². The number of aromatic carboxylic acids is 1. The predicted octanol–water partition coefficient (Wildman–Crippen LogP) is 8.83. The summed E-state index contributed by atoms with van der Waals surface area (Å²) in [5, 5.41) is 19.3. The number of nitrogens with zero attached hydrogens (tertiary/aromatic N) is 4. The Labute approximate surface area is 315 Å². The summed E-state index contributed by atoms with van der Waals surface area (Å²) in [6, 6.07) is 10.5. The predicted molar refractivity (Wildman–Crippen MR) is 211 cm³/mol. The first-order chi connectivity index (χ1) is 25.5. The molecule has 5 rings (SSSR count). The zero-order valence-corrected chi connectivity index (χ0v) is 33.0. The van der Waals surface area contributed by atoms with Crippen LogP contribution in [-0.4, -0.2) is 88.1 Å². The van der Waals surface area contributed by atoms with Crippen molar-refractivity contribution < 1.29 is 33.7 Å². The Morgan fingerprint density at radius 2 is 1.74 bits per heavy atom. The van der Waals surface area contributed by atoms with Gasteiger partial charge in [-0.3, -0.25) is 4.79 Å². The van der Waals surface area contributed by atoms with Crippen LogP contribution >= 0.6 is 0 Å². The van der Waals surface area contributed by atoms with Crippen molar-refractivity contribution in [1.29, 1.82) is 0 Å². The maximum absolute atomic E-state index is 16.1. The molecular weight excluding hydrogens is 675 g/mol. The Hall–Kier alpha value is -4.06. The Balaban J connectivity index is 0.00000144. The quantitative estimate of drug-likeness (QED) is 0.179. The van der Waals surface area contributed by atoms with E-state index in [1.165, 1.54) is 18.6 Å². The number of carbonyl (C=O) groups excluding carboxylic acids is 1. The third-order valence-electron chi connectivity index (χ3n) is 9.21. The minimum Gasteiger partial charge on any atom is -0.478 e. The molecule has 2 aromatic carbocycles. The third kappa shape index (κ3) is 11.5. The molecule has 2 N–H and O–H groups in total. The van der Waals surface area contributed by atoms with Gasteiger partial charge in [0.1, 0.15) is 11.7 Å². The van der Waals surface area contributed by atoms with E-state index in [1.54, 1.807) is 24.0 Å². The smallest absolute Gasteiger partial charge is 0.335 e. The molecule has 2 aliphatic rings. The molecule has 1 aromatic heterocycles. The van der Waals surface area contributed by atoms with Crippen LogP contribution in [0.15, 0.2) is 54.4 Å². The van der Waals surface area contributed by atoms with Gasteiger partial charge in [-0.15, -0.1) is 0 Å². The number of aliphatic hydroxyl groups is 1. The highest BCUT2D eigenvalue weighted by molar-refractivity contribution is 5.95. The molecule has 0 radical (unpaired) electrons. The van der Waals surface area contributed by atoms with Crippen molar-refractivity contribution in [2.75, 3.05) is 44.3 Å². The van der Waals surface area contributed by atoms with Crippen molar-refractivity contribution in [2.24, 2.45) is 0 Å². The number of allylic oxidation sites excluding steroid dienone is 3. The fourth-order valence-electron chi connectivity index (χ4n) is 6.28. The lowest BCUT2D eigenvalue weighted by molar-refractivity contribution is 0.0661. The van der Waals surface area contributed by atoms with Gasteiger partial charge in [0.15, 0.2) is 0 Å². The molecule has 1 fully saturated rings. The van der Waals surface area contributed by atoms with E-state index >= 15 is 4.39 Å². The van der Waals surface area contributed by atoms with Gasteiger partial charge in [0.2, 0.25) is 0 Å². The van der Waals surface area contributed by atoms with Crippen LogP contribution in [0.25, 0.3) is 16.6 Å². The number of carboxylic acid groups (broad SMARTS) is 1. The van der Waals surface area contributed by atoms with Crippen LogP contribution in [0, 0.1) is 0 Å². The Bertz CT molecular complexity index is 1690. The fraction of sp³-hybridized carbons (Fsp3) is 0.548. The van der Waals surface area contributed by atoms with Crippen molar-refractivity contribution in [3.63, 3.8) is 0 Å². The number of carbonyl (C=O) groups is 2. The van der Waals surface area contributed by atoms with Crippen LogP contribution in [-0.2, 0) is 16.1 Å². The molecule has 2 heterocycles. The summed E-state index contributed by atoms with van der Waals surface area (Å²) in [7, 11) is 0. The average Bonchev–Trinajstić information content (AvgIpc) is 3.44. The highest BCUT2D eigenvalue weighted by Crippen LogP contribution is 2.35. The van der Waals surface area contributed by atoms with Crippen LogP contribution in [0.5, 0.6) is 0 Å². The monoisotopic (exact) mass is 736 g/mol. The van der Waals surface area contributed by atoms with Crippen LogP contribution in [0.2, 0.25) is 0 Å². The second-order valence-corrected chi connectivity index (χ2v) is 13.3. The Morgan fingerprint density at radius 1 is 1.06 bits per heavy atom. The molecule has 1 aliphatic heterocycles. The van der Waals surface area contributed by atoms with Gasteiger partial charge in [0.05, 0.1) is 48.6 Å². The number of carboxylic acids is 1. The first-order valence-electron chi connectivity index (χ1n) is 19.4. The number of morpholine rings is 1. The summed E-state index contributed by atoms with van der Waals surface area (Å²) in [6.07, 6.45) is 5.96. The normalized spacial score (nSPS) is 16.9. The number of aromatic nitrogens is 2. The molecular formula is C42H61FN4O6. The molecule has 1 aliphatic carbocycles. The first-order valence-corrected chi connectivity index (χ1v) is 19.4. The van der Waals surface area contributed by atoms with E-state index < -0.39 is 24.0 Å². The number of imidazole rings is 1. The van der Waals surface area contributed by atoms with Crippen molar-refractivity contribution in [3.05, 3.63) is 76.9 Å². The van der Waals surface area contributed by atoms with Gasteiger partial charge >= 0.3 is 5.97 Å². The number of hydrogen-bond acceptors (Lipinski definition) is 7. The van der Waals surface area contributed by atoms with Gasteiger partial charge in [-0.1, -0.05) is 47.1 Å². The van der Waals surface area contributed by atoms with Crippen molar-refractivity contribution >= 4 is 34.2 Å². The number of fused-ring (bicyclic) bond motifs is 1. The maximum atomic E-state index is 16.1. The van der Waals surface area contributed by atoms with Crippen LogP contribution < -0.4 is 4.90 Å². The van der Waals surface area contributed by atoms with E-state index in [1.807, 2.05) is 63.5 Å². The molecule has 0 bridgehead atoms. The fourth-order valence-corrected chi connectivity index (χ4v) is 6.28. The zero-order chi connectivity index (χ0) is 39.1. The van der Waals surface area contributed by atoms with E-state index in [0.29, 0.717) is 81.1 Å². The molecule has 0 spiro atoms. The summed E-state index contributed by atoms with van der Waals surface area (Å²) >= 11 is 0. The lowest BCUT2D eigenvalue weighted by Gasteiger charge is -2.31. The minimum absolute atomic E-state index is 0.00828. The van der Waals surface area contributed by atoms with Gasteiger partial charge in [0, 0.05) is 54.6 Å². The second-order valence-electron chi connectivity index (χ2n) is 13.3. The number of rotatable bonds is 13. The standard InChI is InChI=1S/C37H47FN4O6.C3H8.C2H6/c1-5-24(3)42-34-13-11-27(37(45)46)21-32(34)39-35(42)30-9-7-8-29(22-31(30)38)48-23-28-20-26(36(44)40(6-2)15-14-25(4)43)10-12-33(28)41-16-18-47-19-17-41;1-3-2;1-2/h9-13,20-22,24-25,29,43H,5-8,14-19,23H2,1-4H3,(H,45,46);3H2,1-2H3;1-2H3. The lowest BCUT2D eigenvalue weighted by atomic mass is 10.1. The molecule has 292 valence electrons. The molecule has 3 unspecified atom stereocenters. The molecule has 0 saturated carbocycles. The molecule has 53 heavy (non-hydrogen) atoms. The second kappa shape index (κ2) is 21.6. The maximum Gasteiger partial charge on any atom is 0.335 e. The highest BCUT2D eigenvalue weighted by atomic mass is 19.1. The molecule has 10 nitrogen and oxygen atoms in total. The van der Waals surface area contributed by atoms with Gasteiger partial charge in [0.25, 0.3) is 5.91 Å². The summed E-state index contributed by atoms with van der Waals surface area (Å²) in [6.45, 7) is 19.8. The van der Waals surface area contributed by atoms with Crippen molar-refractivity contribution in [3.8, 4) is 0 Å². The van der Waals surface area contributed by atoms with Crippen LogP contribution in [0.3, 0.4) is 0 Å². The van der Waals surface area contributed by atoms with E-state index in [2.05, 4.69) is 18.7 Å². The molecule has 1 saturated heterocycles. The van der Waals surface area contributed by atoms with Gasteiger partial charge in [-0.2, -0.15) is 0 Å². The van der Waals surface area contributed by atoms with E-state index in [0.717, 1.165) is 23.2 Å². The van der Waals surface area contributed by atoms with Gasteiger partial charge in [-0.05, 0) is 88.9 Å². The zero-order valence-electron chi connectivity index (χ0n) is 33.0. The highest BCUT2D eigenvalue weighted by Gasteiger charge is 2.25. The summed E-state index contributed by atoms with van der Waals surface area (Å²) < 4.78 is 30.1. The number of ether oxygens (including phenoxy) is 2. The van der Waals surface area contributed by atoms with Crippen LogP contribution in [0.1, 0.15) is 126 Å². The molecule has 3 atom stereocenters. The van der Waals surface area contributed by atoms with Crippen molar-refractivity contribution in [2.45, 2.75) is 112 Å². The minimum atomic E-state index is -1.04. The summed E-state index contributed by atoms with van der Waals surface area (Å²) in [5.41, 5.74) is 4.11. The Morgan fingerprint density at radius 3 is 2.36 bits per heavy atom. The van der Waals surface area contributed by atoms with Crippen molar-refractivity contribution in [1.82, 2.24) is 14.5 Å². The summed E-state index contributed by atoms with van der Waals surface area (Å²) in [5.74, 6) is -1.12. The average molecular weight is 737 g/mol. The number of halogens is 1. The van der Waals surface area contributed by atoms with E-state index in [9.17, 15) is 19.8 Å². The molecule has 11 heteroatoms.